The summed E-state index contributed by atoms with van der Waals surface area (Å²) in [6.07, 6.45) is 0. The standard InChI is InChI=1S/C14H19NO4/c1-9-5-6-12(19-4)11(7-9)8-15(3)13(16)10(2)14(17)18/h5-7,10H,8H2,1-4H3,(H,17,18). The molecule has 5 heteroatoms. The first-order valence-electron chi connectivity index (χ1n) is 5.98. The molecule has 1 atom stereocenters. The van der Waals surface area contributed by atoms with E-state index in [2.05, 4.69) is 0 Å². The van der Waals surface area contributed by atoms with Crippen molar-refractivity contribution >= 4 is 11.9 Å². The lowest BCUT2D eigenvalue weighted by molar-refractivity contribution is -0.149. The maximum atomic E-state index is 11.9. The second-order valence-corrected chi connectivity index (χ2v) is 4.57. The first-order chi connectivity index (χ1) is 8.86. The highest BCUT2D eigenvalue weighted by atomic mass is 16.5. The van der Waals surface area contributed by atoms with E-state index in [-0.39, 0.29) is 0 Å². The van der Waals surface area contributed by atoms with Gasteiger partial charge in [0.05, 0.1) is 7.11 Å². The monoisotopic (exact) mass is 265 g/mol. The molecule has 1 aromatic rings. The number of methoxy groups -OCH3 is 1. The van der Waals surface area contributed by atoms with Crippen LogP contribution in [0.15, 0.2) is 18.2 Å². The van der Waals surface area contributed by atoms with E-state index in [9.17, 15) is 9.59 Å². The number of nitrogens with zero attached hydrogens (tertiary/aromatic N) is 1. The summed E-state index contributed by atoms with van der Waals surface area (Å²) in [7, 11) is 3.15. The van der Waals surface area contributed by atoms with Crippen molar-refractivity contribution < 1.29 is 19.4 Å². The van der Waals surface area contributed by atoms with Crippen LogP contribution in [-0.2, 0) is 16.1 Å². The zero-order chi connectivity index (χ0) is 14.6. The predicted octanol–water partition coefficient (Wildman–Crippen LogP) is 1.68. The van der Waals surface area contributed by atoms with E-state index in [1.807, 2.05) is 25.1 Å². The Bertz CT molecular complexity index is 484. The molecular formula is C14H19NO4. The third kappa shape index (κ3) is 3.71. The topological polar surface area (TPSA) is 66.8 Å². The quantitative estimate of drug-likeness (QED) is 0.823. The van der Waals surface area contributed by atoms with Gasteiger partial charge in [-0.2, -0.15) is 0 Å². The molecule has 1 rings (SSSR count). The van der Waals surface area contributed by atoms with Gasteiger partial charge in [-0.15, -0.1) is 0 Å². The number of ether oxygens (including phenoxy) is 1. The van der Waals surface area contributed by atoms with Gasteiger partial charge in [0.25, 0.3) is 0 Å². The number of aliphatic carboxylic acids is 1. The zero-order valence-corrected chi connectivity index (χ0v) is 11.6. The molecule has 1 unspecified atom stereocenters. The average molecular weight is 265 g/mol. The smallest absolute Gasteiger partial charge is 0.315 e. The summed E-state index contributed by atoms with van der Waals surface area (Å²) in [6, 6.07) is 5.68. The molecule has 0 saturated carbocycles. The van der Waals surface area contributed by atoms with Crippen molar-refractivity contribution in [3.05, 3.63) is 29.3 Å². The molecule has 19 heavy (non-hydrogen) atoms. The third-order valence-corrected chi connectivity index (χ3v) is 2.96. The normalized spacial score (nSPS) is 11.8. The van der Waals surface area contributed by atoms with E-state index in [1.54, 1.807) is 14.2 Å². The van der Waals surface area contributed by atoms with Crippen molar-refractivity contribution in [3.63, 3.8) is 0 Å². The lowest BCUT2D eigenvalue weighted by Gasteiger charge is -2.21. The Balaban J connectivity index is 2.87. The number of rotatable bonds is 5. The van der Waals surface area contributed by atoms with Gasteiger partial charge in [0.2, 0.25) is 5.91 Å². The minimum atomic E-state index is -1.12. The number of aryl methyl sites for hydroxylation is 1. The SMILES string of the molecule is COc1ccc(C)cc1CN(C)C(=O)C(C)C(=O)O. The first-order valence-corrected chi connectivity index (χ1v) is 5.98. The van der Waals surface area contributed by atoms with Crippen LogP contribution in [0.1, 0.15) is 18.1 Å². The summed E-state index contributed by atoms with van der Waals surface area (Å²) in [5, 5.41) is 8.84. The Labute approximate surface area is 112 Å². The van der Waals surface area contributed by atoms with Crippen molar-refractivity contribution in [1.82, 2.24) is 4.90 Å². The van der Waals surface area contributed by atoms with Gasteiger partial charge in [0.1, 0.15) is 11.7 Å². The van der Waals surface area contributed by atoms with Gasteiger partial charge in [0, 0.05) is 19.2 Å². The molecule has 1 amide bonds. The van der Waals surface area contributed by atoms with Crippen LogP contribution < -0.4 is 4.74 Å². The van der Waals surface area contributed by atoms with Crippen LogP contribution in [0, 0.1) is 12.8 Å². The fourth-order valence-electron chi connectivity index (χ4n) is 1.80. The molecule has 0 spiro atoms. The van der Waals surface area contributed by atoms with Crippen molar-refractivity contribution in [2.75, 3.05) is 14.2 Å². The van der Waals surface area contributed by atoms with E-state index in [1.165, 1.54) is 11.8 Å². The van der Waals surface area contributed by atoms with Crippen LogP contribution in [0.4, 0.5) is 0 Å². The molecule has 1 aromatic carbocycles. The summed E-state index contributed by atoms with van der Waals surface area (Å²) in [5.41, 5.74) is 1.92. The fraction of sp³-hybridized carbons (Fsp3) is 0.429. The molecule has 5 nitrogen and oxygen atoms in total. The first kappa shape index (κ1) is 15.0. The van der Waals surface area contributed by atoms with Gasteiger partial charge in [-0.3, -0.25) is 9.59 Å². The van der Waals surface area contributed by atoms with E-state index < -0.39 is 17.8 Å². The van der Waals surface area contributed by atoms with E-state index in [4.69, 9.17) is 9.84 Å². The van der Waals surface area contributed by atoms with Crippen LogP contribution in [0.5, 0.6) is 5.75 Å². The number of hydrogen-bond acceptors (Lipinski definition) is 3. The molecule has 0 saturated heterocycles. The molecule has 1 N–H and O–H groups in total. The van der Waals surface area contributed by atoms with Crippen LogP contribution >= 0.6 is 0 Å². The minimum Gasteiger partial charge on any atom is -0.496 e. The molecule has 104 valence electrons. The van der Waals surface area contributed by atoms with Gasteiger partial charge in [-0.05, 0) is 19.9 Å². The second-order valence-electron chi connectivity index (χ2n) is 4.57. The molecule has 0 aliphatic rings. The van der Waals surface area contributed by atoms with Crippen molar-refractivity contribution in [1.29, 1.82) is 0 Å². The van der Waals surface area contributed by atoms with E-state index in [0.717, 1.165) is 11.1 Å². The van der Waals surface area contributed by atoms with E-state index >= 15 is 0 Å². The van der Waals surface area contributed by atoms with Crippen molar-refractivity contribution in [3.8, 4) is 5.75 Å². The molecule has 0 aliphatic heterocycles. The Hall–Kier alpha value is -2.04. The molecule has 0 fully saturated rings. The molecule has 0 aromatic heterocycles. The third-order valence-electron chi connectivity index (χ3n) is 2.96. The number of hydrogen-bond donors (Lipinski definition) is 1. The maximum absolute atomic E-state index is 11.9. The lowest BCUT2D eigenvalue weighted by atomic mass is 10.1. The van der Waals surface area contributed by atoms with Crippen LogP contribution in [0.2, 0.25) is 0 Å². The molecule has 0 radical (unpaired) electrons. The van der Waals surface area contributed by atoms with Crippen molar-refractivity contribution in [2.45, 2.75) is 20.4 Å². The van der Waals surface area contributed by atoms with Crippen molar-refractivity contribution in [2.24, 2.45) is 5.92 Å². The highest BCUT2D eigenvalue weighted by Crippen LogP contribution is 2.21. The second kappa shape index (κ2) is 6.22. The highest BCUT2D eigenvalue weighted by molar-refractivity contribution is 5.96. The summed E-state index contributed by atoms with van der Waals surface area (Å²) in [6.45, 7) is 3.65. The lowest BCUT2D eigenvalue weighted by Crippen LogP contribution is -2.35. The van der Waals surface area contributed by atoms with Gasteiger partial charge in [0.15, 0.2) is 0 Å². The molecular weight excluding hydrogens is 246 g/mol. The number of carbonyl (C=O) groups excluding carboxylic acids is 1. The summed E-state index contributed by atoms with van der Waals surface area (Å²) in [4.78, 5) is 24.1. The summed E-state index contributed by atoms with van der Waals surface area (Å²) in [5.74, 6) is -1.89. The number of carboxylic acids is 1. The molecule has 0 bridgehead atoms. The zero-order valence-electron chi connectivity index (χ0n) is 11.6. The number of benzene rings is 1. The highest BCUT2D eigenvalue weighted by Gasteiger charge is 2.24. The Morgan fingerprint density at radius 1 is 1.42 bits per heavy atom. The van der Waals surface area contributed by atoms with E-state index in [0.29, 0.717) is 12.3 Å². The Morgan fingerprint density at radius 3 is 2.58 bits per heavy atom. The Morgan fingerprint density at radius 2 is 2.05 bits per heavy atom. The molecule has 0 heterocycles. The number of carbonyl (C=O) groups is 2. The van der Waals surface area contributed by atoms with Crippen LogP contribution in [-0.4, -0.2) is 36.0 Å². The van der Waals surface area contributed by atoms with Crippen LogP contribution in [0.3, 0.4) is 0 Å². The predicted molar refractivity (Wildman–Crippen MR) is 71.0 cm³/mol. The molecule has 0 aliphatic carbocycles. The van der Waals surface area contributed by atoms with Gasteiger partial charge >= 0.3 is 5.97 Å². The minimum absolute atomic E-state index is 0.321. The summed E-state index contributed by atoms with van der Waals surface area (Å²) >= 11 is 0. The number of carboxylic acid groups (broad SMARTS) is 1. The maximum Gasteiger partial charge on any atom is 0.315 e. The van der Waals surface area contributed by atoms with Crippen LogP contribution in [0.25, 0.3) is 0 Å². The van der Waals surface area contributed by atoms with Gasteiger partial charge < -0.3 is 14.7 Å². The largest absolute Gasteiger partial charge is 0.496 e. The number of amides is 1. The van der Waals surface area contributed by atoms with Gasteiger partial charge in [-0.1, -0.05) is 17.7 Å². The Kier molecular flexibility index (Phi) is 4.92. The fourth-order valence-corrected chi connectivity index (χ4v) is 1.80. The van der Waals surface area contributed by atoms with Gasteiger partial charge in [-0.25, -0.2) is 0 Å². The summed E-state index contributed by atoms with van der Waals surface area (Å²) < 4.78 is 5.23. The average Bonchev–Trinajstić information content (AvgIpc) is 2.37.